The normalized spacial score (nSPS) is 28.8. The summed E-state index contributed by atoms with van der Waals surface area (Å²) in [6.07, 6.45) is 0.766. The first-order valence-electron chi connectivity index (χ1n) is 4.92. The molecule has 0 saturated carbocycles. The number of hydrogen-bond acceptors (Lipinski definition) is 4. The van der Waals surface area contributed by atoms with Crippen LogP contribution in [0.5, 0.6) is 0 Å². The molecule has 0 aromatic carbocycles. The number of amides is 1. The topological polar surface area (TPSA) is 61.8 Å². The van der Waals surface area contributed by atoms with Gasteiger partial charge in [-0.1, -0.05) is 0 Å². The molecule has 0 aromatic rings. The van der Waals surface area contributed by atoms with Gasteiger partial charge in [-0.05, 0) is 13.8 Å². The minimum absolute atomic E-state index is 0.218. The second kappa shape index (κ2) is 5.29. The van der Waals surface area contributed by atoms with Crippen molar-refractivity contribution in [3.63, 3.8) is 0 Å². The van der Waals surface area contributed by atoms with Crippen LogP contribution in [0, 0.1) is 0 Å². The Morgan fingerprint density at radius 3 is 2.57 bits per heavy atom. The van der Waals surface area contributed by atoms with E-state index >= 15 is 0 Å². The van der Waals surface area contributed by atoms with Crippen molar-refractivity contribution in [3.8, 4) is 0 Å². The van der Waals surface area contributed by atoms with Gasteiger partial charge in [-0.25, -0.2) is 5.48 Å². The van der Waals surface area contributed by atoms with Crippen LogP contribution in [0.15, 0.2) is 0 Å². The van der Waals surface area contributed by atoms with Crippen LogP contribution in [-0.2, 0) is 9.53 Å². The first-order valence-corrected chi connectivity index (χ1v) is 4.92. The lowest BCUT2D eigenvalue weighted by Crippen LogP contribution is -2.46. The molecule has 0 spiro atoms. The molecule has 82 valence electrons. The van der Waals surface area contributed by atoms with Crippen LogP contribution >= 0.6 is 0 Å². The Labute approximate surface area is 84.0 Å². The summed E-state index contributed by atoms with van der Waals surface area (Å²) in [5, 5.41) is 8.33. The fourth-order valence-corrected chi connectivity index (χ4v) is 1.78. The van der Waals surface area contributed by atoms with Gasteiger partial charge >= 0.3 is 0 Å². The minimum atomic E-state index is -0.336. The van der Waals surface area contributed by atoms with Gasteiger partial charge in [-0.15, -0.1) is 0 Å². The molecule has 2 N–H and O–H groups in total. The lowest BCUT2D eigenvalue weighted by molar-refractivity contribution is -0.130. The van der Waals surface area contributed by atoms with Gasteiger partial charge < -0.3 is 4.74 Å². The monoisotopic (exact) mass is 202 g/mol. The van der Waals surface area contributed by atoms with Crippen molar-refractivity contribution < 1.29 is 14.7 Å². The smallest absolute Gasteiger partial charge is 0.244 e. The molecule has 0 bridgehead atoms. The van der Waals surface area contributed by atoms with Crippen LogP contribution < -0.4 is 5.48 Å². The molecule has 5 heteroatoms. The molecule has 0 aromatic heterocycles. The quantitative estimate of drug-likeness (QED) is 0.499. The van der Waals surface area contributed by atoms with Crippen molar-refractivity contribution in [2.45, 2.75) is 32.5 Å². The molecule has 0 aliphatic carbocycles. The second-order valence-corrected chi connectivity index (χ2v) is 3.80. The lowest BCUT2D eigenvalue weighted by Gasteiger charge is -2.35. The van der Waals surface area contributed by atoms with Gasteiger partial charge in [0.25, 0.3) is 0 Å². The van der Waals surface area contributed by atoms with E-state index in [2.05, 4.69) is 4.90 Å². The van der Waals surface area contributed by atoms with Gasteiger partial charge in [0.1, 0.15) is 0 Å². The van der Waals surface area contributed by atoms with E-state index in [-0.39, 0.29) is 18.1 Å². The van der Waals surface area contributed by atoms with Crippen LogP contribution in [-0.4, -0.2) is 47.9 Å². The van der Waals surface area contributed by atoms with E-state index in [1.165, 1.54) is 0 Å². The Bertz CT molecular complexity index is 188. The summed E-state index contributed by atoms with van der Waals surface area (Å²) in [5.41, 5.74) is 1.63. The van der Waals surface area contributed by atoms with Crippen molar-refractivity contribution in [3.05, 3.63) is 0 Å². The average molecular weight is 202 g/mol. The van der Waals surface area contributed by atoms with Crippen molar-refractivity contribution in [1.29, 1.82) is 0 Å². The van der Waals surface area contributed by atoms with Crippen LogP contribution in [0.1, 0.15) is 20.3 Å². The molecule has 5 nitrogen and oxygen atoms in total. The molecule has 14 heavy (non-hydrogen) atoms. The molecular weight excluding hydrogens is 184 g/mol. The Hall–Kier alpha value is -0.650. The molecule has 2 atom stereocenters. The van der Waals surface area contributed by atoms with Gasteiger partial charge in [-0.3, -0.25) is 14.9 Å². The van der Waals surface area contributed by atoms with Crippen LogP contribution in [0.4, 0.5) is 0 Å². The van der Waals surface area contributed by atoms with Crippen molar-refractivity contribution in [2.24, 2.45) is 0 Å². The lowest BCUT2D eigenvalue weighted by atomic mass is 10.2. The van der Waals surface area contributed by atoms with Gasteiger partial charge in [0.2, 0.25) is 5.91 Å². The molecule has 1 aliphatic rings. The number of morpholine rings is 1. The SMILES string of the molecule is C[C@H]1CN(CCC(=O)NO)C[C@H](C)O1. The third-order valence-electron chi connectivity index (χ3n) is 2.28. The molecular formula is C9H18N2O3. The molecule has 1 amide bonds. The number of hydrogen-bond donors (Lipinski definition) is 2. The molecule has 0 radical (unpaired) electrons. The molecule has 1 aliphatic heterocycles. The first kappa shape index (κ1) is 11.4. The first-order chi connectivity index (χ1) is 6.61. The predicted molar refractivity (Wildman–Crippen MR) is 51.0 cm³/mol. The zero-order chi connectivity index (χ0) is 10.6. The molecule has 1 rings (SSSR count). The fraction of sp³-hybridized carbons (Fsp3) is 0.889. The number of hydroxylamine groups is 1. The number of ether oxygens (including phenoxy) is 1. The number of carbonyl (C=O) groups excluding carboxylic acids is 1. The van der Waals surface area contributed by atoms with Crippen LogP contribution in [0.25, 0.3) is 0 Å². The van der Waals surface area contributed by atoms with E-state index < -0.39 is 0 Å². The second-order valence-electron chi connectivity index (χ2n) is 3.80. The molecule has 0 unspecified atom stereocenters. The summed E-state index contributed by atoms with van der Waals surface area (Å²) in [5.74, 6) is -0.336. The van der Waals surface area contributed by atoms with E-state index in [1.807, 2.05) is 13.8 Å². The summed E-state index contributed by atoms with van der Waals surface area (Å²) in [6, 6.07) is 0. The molecule has 1 saturated heterocycles. The highest BCUT2D eigenvalue weighted by atomic mass is 16.5. The van der Waals surface area contributed by atoms with Crippen LogP contribution in [0.3, 0.4) is 0 Å². The highest BCUT2D eigenvalue weighted by molar-refractivity contribution is 5.74. The van der Waals surface area contributed by atoms with E-state index in [0.717, 1.165) is 13.1 Å². The largest absolute Gasteiger partial charge is 0.373 e. The van der Waals surface area contributed by atoms with E-state index in [0.29, 0.717) is 13.0 Å². The Balaban J connectivity index is 2.26. The van der Waals surface area contributed by atoms with Gasteiger partial charge in [-0.2, -0.15) is 0 Å². The van der Waals surface area contributed by atoms with Crippen LogP contribution in [0.2, 0.25) is 0 Å². The maximum Gasteiger partial charge on any atom is 0.244 e. The number of nitrogens with one attached hydrogen (secondary N) is 1. The van der Waals surface area contributed by atoms with Gasteiger partial charge in [0.15, 0.2) is 0 Å². The van der Waals surface area contributed by atoms with E-state index in [1.54, 1.807) is 5.48 Å². The zero-order valence-corrected chi connectivity index (χ0v) is 8.69. The standard InChI is InChI=1S/C9H18N2O3/c1-7-5-11(6-8(2)14-7)4-3-9(12)10-13/h7-8,13H,3-6H2,1-2H3,(H,10,12)/t7-,8-/m0/s1. The maximum absolute atomic E-state index is 10.8. The summed E-state index contributed by atoms with van der Waals surface area (Å²) >= 11 is 0. The third-order valence-corrected chi connectivity index (χ3v) is 2.28. The Kier molecular flexibility index (Phi) is 4.31. The van der Waals surface area contributed by atoms with Crippen molar-refractivity contribution >= 4 is 5.91 Å². The van der Waals surface area contributed by atoms with Gasteiger partial charge in [0, 0.05) is 26.1 Å². The Morgan fingerprint density at radius 2 is 2.07 bits per heavy atom. The highest BCUT2D eigenvalue weighted by Gasteiger charge is 2.21. The minimum Gasteiger partial charge on any atom is -0.373 e. The number of rotatable bonds is 3. The summed E-state index contributed by atoms with van der Waals surface area (Å²) in [4.78, 5) is 13.0. The Morgan fingerprint density at radius 1 is 1.50 bits per heavy atom. The van der Waals surface area contributed by atoms with E-state index in [4.69, 9.17) is 9.94 Å². The third kappa shape index (κ3) is 3.61. The molecule has 1 fully saturated rings. The average Bonchev–Trinajstić information content (AvgIpc) is 2.12. The number of carbonyl (C=O) groups is 1. The van der Waals surface area contributed by atoms with Crippen molar-refractivity contribution in [2.75, 3.05) is 19.6 Å². The zero-order valence-electron chi connectivity index (χ0n) is 8.69. The molecule has 1 heterocycles. The summed E-state index contributed by atoms with van der Waals surface area (Å²) in [7, 11) is 0. The highest BCUT2D eigenvalue weighted by Crippen LogP contribution is 2.10. The van der Waals surface area contributed by atoms with Crippen molar-refractivity contribution in [1.82, 2.24) is 10.4 Å². The van der Waals surface area contributed by atoms with Gasteiger partial charge in [0.05, 0.1) is 12.2 Å². The number of nitrogens with zero attached hydrogens (tertiary/aromatic N) is 1. The summed E-state index contributed by atoms with van der Waals surface area (Å²) < 4.78 is 5.56. The van der Waals surface area contributed by atoms with E-state index in [9.17, 15) is 4.79 Å². The maximum atomic E-state index is 10.8. The summed E-state index contributed by atoms with van der Waals surface area (Å²) in [6.45, 7) is 6.42. The fourth-order valence-electron chi connectivity index (χ4n) is 1.78. The predicted octanol–water partition coefficient (Wildman–Crippen LogP) is -0.00890.